The van der Waals surface area contributed by atoms with Gasteiger partial charge in [-0.15, -0.1) is 0 Å². The number of carboxylic acids is 2. The van der Waals surface area contributed by atoms with Crippen LogP contribution in [0.5, 0.6) is 0 Å². The molecule has 186 valence electrons. The third-order valence-electron chi connectivity index (χ3n) is 4.07. The van der Waals surface area contributed by atoms with E-state index < -0.39 is 46.8 Å². The molecule has 0 aliphatic carbocycles. The predicted octanol–water partition coefficient (Wildman–Crippen LogP) is -3.29. The maximum atomic E-state index is 11.3. The summed E-state index contributed by atoms with van der Waals surface area (Å²) in [5, 5.41) is 57.9. The first-order valence-electron chi connectivity index (χ1n) is 9.19. The third kappa shape index (κ3) is 16.6. The Labute approximate surface area is 216 Å². The molecule has 13 nitrogen and oxygen atoms in total. The molecule has 2 atom stereocenters. The van der Waals surface area contributed by atoms with Crippen LogP contribution in [0.25, 0.3) is 0 Å². The van der Waals surface area contributed by atoms with E-state index in [2.05, 4.69) is 10.6 Å². The molecular weight excluding hydrogens is 468 g/mol. The van der Waals surface area contributed by atoms with Crippen molar-refractivity contribution < 1.29 is 55.3 Å². The Morgan fingerprint density at radius 1 is 0.719 bits per heavy atom. The summed E-state index contributed by atoms with van der Waals surface area (Å²) < 4.78 is 0. The average Bonchev–Trinajstić information content (AvgIpc) is 2.66. The first-order valence-corrected chi connectivity index (χ1v) is 9.19. The third-order valence-corrected chi connectivity index (χ3v) is 4.07. The SMILES string of the molecule is CC(C)(CO)[C@@H](O)C(=O)[15NH][13CH2][13CH2][13C](=O)O.CC(C)(CO)[C@@H](O)C(=O)[15NH][13CH2][13CH2][13C](=O)O.O.[Ca]. The minimum Gasteiger partial charge on any atom is -0.481 e. The van der Waals surface area contributed by atoms with Gasteiger partial charge in [-0.25, -0.2) is 0 Å². The molecule has 0 aliphatic heterocycles. The Bertz CT molecular complexity index is 535. The van der Waals surface area contributed by atoms with Gasteiger partial charge >= 0.3 is 11.9 Å². The Morgan fingerprint density at radius 2 is 0.969 bits per heavy atom. The van der Waals surface area contributed by atoms with Gasteiger partial charge in [0, 0.05) is 61.7 Å². The molecule has 2 amide bonds. The molecule has 0 aromatic rings. The van der Waals surface area contributed by atoms with E-state index in [1.807, 2.05) is 0 Å². The summed E-state index contributed by atoms with van der Waals surface area (Å²) in [6.07, 6.45) is -3.09. The van der Waals surface area contributed by atoms with E-state index in [0.717, 1.165) is 0 Å². The number of hydrogen-bond acceptors (Lipinski definition) is 8. The van der Waals surface area contributed by atoms with E-state index in [4.69, 9.17) is 20.4 Å². The molecule has 0 heterocycles. The van der Waals surface area contributed by atoms with Gasteiger partial charge < -0.3 is 46.7 Å². The van der Waals surface area contributed by atoms with E-state index in [0.29, 0.717) is 0 Å². The van der Waals surface area contributed by atoms with Crippen LogP contribution >= 0.6 is 0 Å². The van der Waals surface area contributed by atoms with Gasteiger partial charge in [-0.05, 0) is 0 Å². The van der Waals surface area contributed by atoms with Gasteiger partial charge in [0.15, 0.2) is 0 Å². The topological polar surface area (TPSA) is 245 Å². The maximum absolute atomic E-state index is 11.3. The molecule has 2 radical (unpaired) electrons. The monoisotopic (exact) mass is 504 g/mol. The van der Waals surface area contributed by atoms with Gasteiger partial charge in [-0.2, -0.15) is 0 Å². The standard InChI is InChI=1S/2C9H17NO5.Ca.H2O/c2*1-9(2,5-11)7(14)8(15)10-4-3-6(12)13;;/h2*7,11,14H,3-5H2,1-2H3,(H,10,15)(H,12,13);;1H2/t2*7-;;/m00../s1/i2*3+1,4+1,6+1,10+1;;. The van der Waals surface area contributed by atoms with Crippen LogP contribution in [-0.4, -0.2) is 136 Å². The quantitative estimate of drug-likeness (QED) is 0.0747. The molecule has 0 aliphatic rings. The number of aliphatic carboxylic acids is 2. The molecule has 14 heteroatoms. The van der Waals surface area contributed by atoms with Crippen LogP contribution in [0.4, 0.5) is 0 Å². The summed E-state index contributed by atoms with van der Waals surface area (Å²) in [6, 6.07) is 0. The fraction of sp³-hybridized carbons (Fsp3) is 0.778. The summed E-state index contributed by atoms with van der Waals surface area (Å²) in [6.45, 7) is 5.41. The minimum atomic E-state index is -1.35. The van der Waals surface area contributed by atoms with Crippen LogP contribution in [0.1, 0.15) is 40.5 Å². The van der Waals surface area contributed by atoms with Crippen molar-refractivity contribution in [3.8, 4) is 0 Å². The van der Waals surface area contributed by atoms with Crippen molar-refractivity contribution in [3.63, 3.8) is 0 Å². The molecule has 0 rings (SSSR count). The number of hydrogen-bond donors (Lipinski definition) is 8. The zero-order valence-corrected chi connectivity index (χ0v) is 21.1. The minimum absolute atomic E-state index is 0. The van der Waals surface area contributed by atoms with Crippen molar-refractivity contribution in [2.45, 2.75) is 52.7 Å². The van der Waals surface area contributed by atoms with E-state index in [1.54, 1.807) is 0 Å². The summed E-state index contributed by atoms with van der Waals surface area (Å²) in [5.74, 6) is -3.39. The van der Waals surface area contributed by atoms with Crippen molar-refractivity contribution >= 4 is 61.5 Å². The Hall–Kier alpha value is -1.06. The van der Waals surface area contributed by atoms with Gasteiger partial charge in [0.2, 0.25) is 11.8 Å². The van der Waals surface area contributed by atoms with Crippen molar-refractivity contribution in [3.05, 3.63) is 0 Å². The molecule has 0 saturated heterocycles. The predicted molar refractivity (Wildman–Crippen MR) is 114 cm³/mol. The van der Waals surface area contributed by atoms with Crippen molar-refractivity contribution in [1.82, 2.24) is 10.6 Å². The average molecular weight is 505 g/mol. The van der Waals surface area contributed by atoms with Crippen molar-refractivity contribution in [2.75, 3.05) is 26.3 Å². The van der Waals surface area contributed by atoms with Crippen molar-refractivity contribution in [2.24, 2.45) is 10.8 Å². The summed E-state index contributed by atoms with van der Waals surface area (Å²) in [5.41, 5.74) is -1.87. The zero-order chi connectivity index (χ0) is 24.1. The Balaban J connectivity index is -0.000000231. The van der Waals surface area contributed by atoms with E-state index in [-0.39, 0.29) is 82.4 Å². The van der Waals surface area contributed by atoms with Crippen LogP contribution in [0.15, 0.2) is 0 Å². The summed E-state index contributed by atoms with van der Waals surface area (Å²) in [4.78, 5) is 42.8. The van der Waals surface area contributed by atoms with Gasteiger partial charge in [0.05, 0.1) is 26.1 Å². The molecule has 0 aromatic heterocycles. The smallest absolute Gasteiger partial charge is 0.305 e. The number of nitrogens with one attached hydrogen (secondary N) is 2. The molecule has 0 saturated carbocycles. The van der Waals surface area contributed by atoms with Crippen LogP contribution in [0, 0.1) is 10.8 Å². The first kappa shape index (κ1) is 38.2. The fourth-order valence-electron chi connectivity index (χ4n) is 1.66. The molecule has 32 heavy (non-hydrogen) atoms. The molecular formula is C18H36CaN2O11. The summed E-state index contributed by atoms with van der Waals surface area (Å²) >= 11 is 0. The second-order valence-corrected chi connectivity index (χ2v) is 7.97. The molecule has 10 N–H and O–H groups in total. The molecule has 0 aromatic carbocycles. The van der Waals surface area contributed by atoms with Crippen LogP contribution < -0.4 is 10.6 Å². The number of aliphatic hydroxyl groups excluding tert-OH is 4. The maximum Gasteiger partial charge on any atom is 0.305 e. The van der Waals surface area contributed by atoms with Crippen LogP contribution in [-0.2, 0) is 19.2 Å². The van der Waals surface area contributed by atoms with Crippen molar-refractivity contribution in [1.29, 1.82) is 0 Å². The van der Waals surface area contributed by atoms with Crippen LogP contribution in [0.2, 0.25) is 0 Å². The molecule has 0 spiro atoms. The molecule has 0 fully saturated rings. The van der Waals surface area contributed by atoms with Gasteiger partial charge in [-0.3, -0.25) is 19.2 Å². The van der Waals surface area contributed by atoms with E-state index >= 15 is 0 Å². The second-order valence-electron chi connectivity index (χ2n) is 7.97. The normalized spacial score (nSPS) is 12.5. The largest absolute Gasteiger partial charge is 0.481 e. The van der Waals surface area contributed by atoms with E-state index in [1.165, 1.54) is 27.7 Å². The van der Waals surface area contributed by atoms with Gasteiger partial charge in [0.25, 0.3) is 0 Å². The molecule has 0 bridgehead atoms. The van der Waals surface area contributed by atoms with Crippen LogP contribution in [0.3, 0.4) is 0 Å². The van der Waals surface area contributed by atoms with E-state index in [9.17, 15) is 29.4 Å². The first-order chi connectivity index (χ1) is 13.6. The number of rotatable bonds is 12. The Morgan fingerprint density at radius 3 is 1.16 bits per heavy atom. The molecule has 0 unspecified atom stereocenters. The fourth-order valence-corrected chi connectivity index (χ4v) is 1.66. The Kier molecular flexibility index (Phi) is 21.9. The van der Waals surface area contributed by atoms with Gasteiger partial charge in [0.1, 0.15) is 12.2 Å². The number of carbonyl (C=O) groups excluding carboxylic acids is 2. The zero-order valence-electron chi connectivity index (χ0n) is 18.9. The number of carbonyl (C=O) groups is 4. The number of carboxylic acid groups (broad SMARTS) is 2. The second kappa shape index (κ2) is 18.4. The summed E-state index contributed by atoms with van der Waals surface area (Å²) in [7, 11) is 0. The number of amides is 2. The number of aliphatic hydroxyl groups is 4. The van der Waals surface area contributed by atoms with Gasteiger partial charge in [-0.1, -0.05) is 27.7 Å².